The first-order valence-corrected chi connectivity index (χ1v) is 7.73. The summed E-state index contributed by atoms with van der Waals surface area (Å²) in [7, 11) is 0. The molecule has 2 heterocycles. The monoisotopic (exact) mass is 326 g/mol. The molecule has 102 valence electrons. The molecule has 0 radical (unpaired) electrons. The van der Waals surface area contributed by atoms with Crippen molar-refractivity contribution in [3.05, 3.63) is 45.0 Å². The molecular formula is C13H8ClFN2OS2. The van der Waals surface area contributed by atoms with Crippen LogP contribution in [0.4, 0.5) is 9.52 Å². The number of aromatic nitrogens is 1. The average molecular weight is 327 g/mol. The van der Waals surface area contributed by atoms with Gasteiger partial charge in [-0.2, -0.15) is 0 Å². The Kier molecular flexibility index (Phi) is 3.45. The molecule has 3 rings (SSSR count). The summed E-state index contributed by atoms with van der Waals surface area (Å²) >= 11 is 8.62. The summed E-state index contributed by atoms with van der Waals surface area (Å²) in [5.41, 5.74) is 0.832. The van der Waals surface area contributed by atoms with E-state index in [9.17, 15) is 9.18 Å². The number of halogens is 2. The van der Waals surface area contributed by atoms with Crippen molar-refractivity contribution in [1.82, 2.24) is 4.98 Å². The molecule has 0 aliphatic rings. The van der Waals surface area contributed by atoms with Gasteiger partial charge in [0.25, 0.3) is 5.91 Å². The lowest BCUT2D eigenvalue weighted by Gasteiger charge is -1.99. The molecule has 7 heteroatoms. The van der Waals surface area contributed by atoms with Gasteiger partial charge in [0.2, 0.25) is 0 Å². The fourth-order valence-electron chi connectivity index (χ4n) is 1.78. The van der Waals surface area contributed by atoms with Crippen molar-refractivity contribution in [3.8, 4) is 0 Å². The lowest BCUT2D eigenvalue weighted by atomic mass is 10.2. The summed E-state index contributed by atoms with van der Waals surface area (Å²) in [6.07, 6.45) is 0. The molecule has 20 heavy (non-hydrogen) atoms. The van der Waals surface area contributed by atoms with Crippen molar-refractivity contribution in [2.24, 2.45) is 0 Å². The number of nitrogens with one attached hydrogen (secondary N) is 1. The van der Waals surface area contributed by atoms with E-state index in [4.69, 9.17) is 11.6 Å². The molecule has 0 bridgehead atoms. The second-order valence-corrected chi connectivity index (χ2v) is 6.39. The highest BCUT2D eigenvalue weighted by atomic mass is 35.5. The van der Waals surface area contributed by atoms with Crippen molar-refractivity contribution >= 4 is 55.4 Å². The van der Waals surface area contributed by atoms with Crippen molar-refractivity contribution < 1.29 is 9.18 Å². The molecule has 2 aromatic heterocycles. The van der Waals surface area contributed by atoms with E-state index in [1.54, 1.807) is 12.1 Å². The Bertz CT molecular complexity index is 812. The number of thiazole rings is 1. The standard InChI is InChI=1S/C13H8ClFN2OS2/c1-6-5-19-13(16-6)17-12(18)11-10(14)9-7(15)3-2-4-8(9)20-11/h2-5H,1H3,(H,16,17,18). The van der Waals surface area contributed by atoms with Crippen LogP contribution in [-0.2, 0) is 0 Å². The van der Waals surface area contributed by atoms with Gasteiger partial charge in [0.15, 0.2) is 5.13 Å². The third-order valence-electron chi connectivity index (χ3n) is 2.65. The maximum atomic E-state index is 13.7. The first-order valence-electron chi connectivity index (χ1n) is 5.66. The number of nitrogens with zero attached hydrogens (tertiary/aromatic N) is 1. The number of hydrogen-bond acceptors (Lipinski definition) is 4. The maximum Gasteiger partial charge on any atom is 0.269 e. The molecule has 0 saturated carbocycles. The molecule has 1 amide bonds. The van der Waals surface area contributed by atoms with E-state index in [1.165, 1.54) is 28.7 Å². The number of benzene rings is 1. The molecule has 0 fully saturated rings. The highest BCUT2D eigenvalue weighted by Gasteiger charge is 2.20. The second kappa shape index (κ2) is 5.12. The zero-order valence-electron chi connectivity index (χ0n) is 10.2. The number of amides is 1. The Morgan fingerprint density at radius 1 is 1.45 bits per heavy atom. The van der Waals surface area contributed by atoms with Gasteiger partial charge < -0.3 is 0 Å². The zero-order chi connectivity index (χ0) is 14.3. The van der Waals surface area contributed by atoms with Crippen LogP contribution in [0, 0.1) is 12.7 Å². The Labute approximate surface area is 127 Å². The first kappa shape index (κ1) is 13.5. The topological polar surface area (TPSA) is 42.0 Å². The van der Waals surface area contributed by atoms with E-state index in [2.05, 4.69) is 10.3 Å². The van der Waals surface area contributed by atoms with Gasteiger partial charge in [-0.3, -0.25) is 10.1 Å². The molecule has 3 aromatic rings. The number of aryl methyl sites for hydroxylation is 1. The van der Waals surface area contributed by atoms with Gasteiger partial charge in [0.1, 0.15) is 10.7 Å². The first-order chi connectivity index (χ1) is 9.56. The maximum absolute atomic E-state index is 13.7. The molecule has 0 saturated heterocycles. The highest BCUT2D eigenvalue weighted by Crippen LogP contribution is 2.37. The van der Waals surface area contributed by atoms with E-state index in [1.807, 2.05) is 12.3 Å². The quantitative estimate of drug-likeness (QED) is 0.741. The van der Waals surface area contributed by atoms with Crippen molar-refractivity contribution in [3.63, 3.8) is 0 Å². The van der Waals surface area contributed by atoms with Gasteiger partial charge >= 0.3 is 0 Å². The van der Waals surface area contributed by atoms with Gasteiger partial charge in [-0.25, -0.2) is 9.37 Å². The van der Waals surface area contributed by atoms with Crippen LogP contribution in [0.5, 0.6) is 0 Å². The minimum atomic E-state index is -0.423. The van der Waals surface area contributed by atoms with Gasteiger partial charge in [0.05, 0.1) is 10.7 Å². The van der Waals surface area contributed by atoms with Crippen LogP contribution in [0.15, 0.2) is 23.6 Å². The van der Waals surface area contributed by atoms with Crippen LogP contribution in [-0.4, -0.2) is 10.9 Å². The Morgan fingerprint density at radius 2 is 2.25 bits per heavy atom. The largest absolute Gasteiger partial charge is 0.297 e. The van der Waals surface area contributed by atoms with Gasteiger partial charge in [-0.05, 0) is 19.1 Å². The van der Waals surface area contributed by atoms with E-state index in [0.29, 0.717) is 20.1 Å². The van der Waals surface area contributed by atoms with E-state index in [0.717, 1.165) is 5.69 Å². The number of hydrogen-bond donors (Lipinski definition) is 1. The fourth-order valence-corrected chi connectivity index (χ4v) is 3.92. The predicted octanol–water partition coefficient (Wildman–Crippen LogP) is 4.71. The molecule has 3 nitrogen and oxygen atoms in total. The van der Waals surface area contributed by atoms with Gasteiger partial charge in [-0.1, -0.05) is 17.7 Å². The van der Waals surface area contributed by atoms with Gasteiger partial charge in [-0.15, -0.1) is 22.7 Å². The molecule has 0 spiro atoms. The number of fused-ring (bicyclic) bond motifs is 1. The highest BCUT2D eigenvalue weighted by molar-refractivity contribution is 7.21. The van der Waals surface area contributed by atoms with Crippen molar-refractivity contribution in [2.45, 2.75) is 6.92 Å². The van der Waals surface area contributed by atoms with E-state index >= 15 is 0 Å². The number of rotatable bonds is 2. The minimum Gasteiger partial charge on any atom is -0.297 e. The number of thiophene rings is 1. The second-order valence-electron chi connectivity index (χ2n) is 4.11. The number of carbonyl (C=O) groups is 1. The van der Waals surface area contributed by atoms with Crippen LogP contribution in [0.1, 0.15) is 15.4 Å². The Morgan fingerprint density at radius 3 is 2.90 bits per heavy atom. The van der Waals surface area contributed by atoms with Crippen molar-refractivity contribution in [1.29, 1.82) is 0 Å². The minimum absolute atomic E-state index is 0.147. The molecular weight excluding hydrogens is 319 g/mol. The van der Waals surface area contributed by atoms with Crippen LogP contribution in [0.2, 0.25) is 5.02 Å². The lowest BCUT2D eigenvalue weighted by Crippen LogP contribution is -2.10. The lowest BCUT2D eigenvalue weighted by molar-refractivity contribution is 0.103. The predicted molar refractivity (Wildman–Crippen MR) is 81.6 cm³/mol. The van der Waals surface area contributed by atoms with Crippen LogP contribution in [0.25, 0.3) is 10.1 Å². The van der Waals surface area contributed by atoms with E-state index in [-0.39, 0.29) is 10.9 Å². The van der Waals surface area contributed by atoms with Crippen LogP contribution >= 0.6 is 34.3 Å². The van der Waals surface area contributed by atoms with Gasteiger partial charge in [0, 0.05) is 15.5 Å². The zero-order valence-corrected chi connectivity index (χ0v) is 12.6. The SMILES string of the molecule is Cc1csc(NC(=O)c2sc3cccc(F)c3c2Cl)n1. The Balaban J connectivity index is 1.99. The molecule has 0 atom stereocenters. The summed E-state index contributed by atoms with van der Waals surface area (Å²) in [6, 6.07) is 4.66. The summed E-state index contributed by atoms with van der Waals surface area (Å²) in [4.78, 5) is 16.6. The summed E-state index contributed by atoms with van der Waals surface area (Å²) in [5.74, 6) is -0.794. The third kappa shape index (κ3) is 2.30. The molecule has 0 aliphatic heterocycles. The summed E-state index contributed by atoms with van der Waals surface area (Å²) < 4.78 is 14.4. The van der Waals surface area contributed by atoms with E-state index < -0.39 is 5.82 Å². The Hall–Kier alpha value is -1.50. The fraction of sp³-hybridized carbons (Fsp3) is 0.0769. The van der Waals surface area contributed by atoms with Crippen LogP contribution in [0.3, 0.4) is 0 Å². The number of carbonyl (C=O) groups excluding carboxylic acids is 1. The van der Waals surface area contributed by atoms with Crippen molar-refractivity contribution in [2.75, 3.05) is 5.32 Å². The number of anilines is 1. The molecule has 1 aromatic carbocycles. The third-order valence-corrected chi connectivity index (χ3v) is 5.17. The average Bonchev–Trinajstić information content (AvgIpc) is 2.95. The molecule has 1 N–H and O–H groups in total. The normalized spacial score (nSPS) is 10.9. The van der Waals surface area contributed by atoms with Crippen LogP contribution < -0.4 is 5.32 Å². The molecule has 0 aliphatic carbocycles. The molecule has 0 unspecified atom stereocenters. The summed E-state index contributed by atoms with van der Waals surface area (Å²) in [6.45, 7) is 1.84. The summed E-state index contributed by atoms with van der Waals surface area (Å²) in [5, 5.41) is 5.45. The smallest absolute Gasteiger partial charge is 0.269 e.